The molecule has 4 aliphatic heterocycles. The highest BCUT2D eigenvalue weighted by Crippen LogP contribution is 2.40. The minimum Gasteiger partial charge on any atom is -0.485 e. The number of carbonyl (C=O) groups excluding carboxylic acids is 3. The molecule has 142 valence electrons. The minimum atomic E-state index is -0.644. The molecule has 2 bridgehead atoms. The van der Waals surface area contributed by atoms with Crippen LogP contribution in [0.15, 0.2) is 24.3 Å². The van der Waals surface area contributed by atoms with Crippen molar-refractivity contribution in [2.75, 3.05) is 6.61 Å². The SMILES string of the molecule is O=C1CCC(=O)N1C1CC2CCC(C1)N2C(=O)C1COc2ccccc2O1. The third-order valence-electron chi connectivity index (χ3n) is 6.20. The van der Waals surface area contributed by atoms with E-state index in [4.69, 9.17) is 9.47 Å². The molecule has 5 rings (SSSR count). The van der Waals surface area contributed by atoms with Crippen LogP contribution in [0.25, 0.3) is 0 Å². The fraction of sp³-hybridized carbons (Fsp3) is 0.550. The molecule has 3 unspecified atom stereocenters. The molecule has 0 aliphatic carbocycles. The molecule has 7 heteroatoms. The molecule has 0 aromatic heterocycles. The lowest BCUT2D eigenvalue weighted by atomic mass is 9.95. The maximum absolute atomic E-state index is 13.2. The van der Waals surface area contributed by atoms with Gasteiger partial charge in [-0.1, -0.05) is 12.1 Å². The predicted molar refractivity (Wildman–Crippen MR) is 94.1 cm³/mol. The second kappa shape index (κ2) is 6.25. The highest BCUT2D eigenvalue weighted by atomic mass is 16.6. The van der Waals surface area contributed by atoms with Crippen LogP contribution in [0.4, 0.5) is 0 Å². The van der Waals surface area contributed by atoms with E-state index in [9.17, 15) is 14.4 Å². The minimum absolute atomic E-state index is 0.0467. The predicted octanol–water partition coefficient (Wildman–Crippen LogP) is 1.50. The lowest BCUT2D eigenvalue weighted by Crippen LogP contribution is -2.57. The fourth-order valence-corrected chi connectivity index (χ4v) is 5.03. The van der Waals surface area contributed by atoms with Crippen molar-refractivity contribution in [3.05, 3.63) is 24.3 Å². The first-order chi connectivity index (χ1) is 13.1. The normalized spacial score (nSPS) is 32.1. The standard InChI is InChI=1S/C20H22N2O5/c23-18-7-8-19(24)22(18)14-9-12-5-6-13(10-14)21(12)20(25)17-11-26-15-3-1-2-4-16(15)27-17/h1-4,12-14,17H,5-11H2. The third-order valence-corrected chi connectivity index (χ3v) is 6.20. The molecule has 1 aromatic rings. The first kappa shape index (κ1) is 16.6. The summed E-state index contributed by atoms with van der Waals surface area (Å²) in [4.78, 5) is 40.7. The highest BCUT2D eigenvalue weighted by Gasteiger charge is 2.49. The zero-order chi connectivity index (χ0) is 18.5. The van der Waals surface area contributed by atoms with Gasteiger partial charge in [-0.25, -0.2) is 0 Å². The van der Waals surface area contributed by atoms with E-state index in [2.05, 4.69) is 0 Å². The molecule has 3 saturated heterocycles. The molecule has 0 N–H and O–H groups in total. The Kier molecular flexibility index (Phi) is 3.84. The average molecular weight is 370 g/mol. The van der Waals surface area contributed by atoms with Crippen molar-refractivity contribution in [3.8, 4) is 11.5 Å². The maximum atomic E-state index is 13.2. The second-order valence-electron chi connectivity index (χ2n) is 7.78. The van der Waals surface area contributed by atoms with Gasteiger partial charge < -0.3 is 14.4 Å². The topological polar surface area (TPSA) is 76.2 Å². The van der Waals surface area contributed by atoms with E-state index in [0.717, 1.165) is 12.8 Å². The van der Waals surface area contributed by atoms with E-state index in [0.29, 0.717) is 37.2 Å². The Morgan fingerprint density at radius 1 is 0.926 bits per heavy atom. The van der Waals surface area contributed by atoms with E-state index >= 15 is 0 Å². The van der Waals surface area contributed by atoms with Gasteiger partial charge in [0.2, 0.25) is 17.9 Å². The van der Waals surface area contributed by atoms with Gasteiger partial charge in [-0.05, 0) is 37.8 Å². The summed E-state index contributed by atoms with van der Waals surface area (Å²) in [7, 11) is 0. The zero-order valence-electron chi connectivity index (χ0n) is 15.0. The maximum Gasteiger partial charge on any atom is 0.267 e. The monoisotopic (exact) mass is 370 g/mol. The van der Waals surface area contributed by atoms with Gasteiger partial charge in [0.1, 0.15) is 6.61 Å². The highest BCUT2D eigenvalue weighted by molar-refractivity contribution is 6.02. The summed E-state index contributed by atoms with van der Waals surface area (Å²) in [5.41, 5.74) is 0. The lowest BCUT2D eigenvalue weighted by Gasteiger charge is -2.43. The number of hydrogen-bond acceptors (Lipinski definition) is 5. The van der Waals surface area contributed by atoms with Gasteiger partial charge in [0.05, 0.1) is 0 Å². The number of likely N-dealkylation sites (tertiary alicyclic amines) is 1. The number of benzene rings is 1. The van der Waals surface area contributed by atoms with Crippen molar-refractivity contribution >= 4 is 17.7 Å². The Morgan fingerprint density at radius 2 is 1.56 bits per heavy atom. The molecule has 0 saturated carbocycles. The van der Waals surface area contributed by atoms with Crippen LogP contribution in [0, 0.1) is 0 Å². The summed E-state index contributed by atoms with van der Waals surface area (Å²) >= 11 is 0. The fourth-order valence-electron chi connectivity index (χ4n) is 5.03. The van der Waals surface area contributed by atoms with Gasteiger partial charge in [0, 0.05) is 31.0 Å². The number of nitrogens with zero attached hydrogens (tertiary/aromatic N) is 2. The molecule has 27 heavy (non-hydrogen) atoms. The van der Waals surface area contributed by atoms with E-state index in [1.807, 2.05) is 23.1 Å². The van der Waals surface area contributed by atoms with Crippen molar-refractivity contribution in [2.45, 2.75) is 62.8 Å². The van der Waals surface area contributed by atoms with Crippen LogP contribution >= 0.6 is 0 Å². The Bertz CT molecular complexity index is 779. The molecule has 3 fully saturated rings. The van der Waals surface area contributed by atoms with E-state index in [1.165, 1.54) is 4.90 Å². The molecule has 3 atom stereocenters. The third kappa shape index (κ3) is 2.67. The Labute approximate surface area is 157 Å². The van der Waals surface area contributed by atoms with Gasteiger partial charge in [-0.2, -0.15) is 0 Å². The Balaban J connectivity index is 1.31. The number of fused-ring (bicyclic) bond motifs is 3. The van der Waals surface area contributed by atoms with Gasteiger partial charge in [-0.3, -0.25) is 19.3 Å². The van der Waals surface area contributed by atoms with Crippen LogP contribution in [0.5, 0.6) is 11.5 Å². The Hall–Kier alpha value is -2.57. The number of carbonyl (C=O) groups is 3. The summed E-state index contributed by atoms with van der Waals surface area (Å²) in [6.45, 7) is 0.207. The van der Waals surface area contributed by atoms with Gasteiger partial charge in [-0.15, -0.1) is 0 Å². The molecular weight excluding hydrogens is 348 g/mol. The van der Waals surface area contributed by atoms with Gasteiger partial charge >= 0.3 is 0 Å². The van der Waals surface area contributed by atoms with Crippen LogP contribution in [-0.2, 0) is 14.4 Å². The van der Waals surface area contributed by atoms with Crippen LogP contribution in [-0.4, -0.2) is 58.4 Å². The quantitative estimate of drug-likeness (QED) is 0.738. The lowest BCUT2D eigenvalue weighted by molar-refractivity contribution is -0.149. The van der Waals surface area contributed by atoms with Crippen LogP contribution in [0.3, 0.4) is 0 Å². The number of ether oxygens (including phenoxy) is 2. The summed E-state index contributed by atoms with van der Waals surface area (Å²) in [5.74, 6) is 1.08. The smallest absolute Gasteiger partial charge is 0.267 e. The van der Waals surface area contributed by atoms with Crippen molar-refractivity contribution in [2.24, 2.45) is 0 Å². The Morgan fingerprint density at radius 3 is 2.22 bits per heavy atom. The second-order valence-corrected chi connectivity index (χ2v) is 7.78. The van der Waals surface area contributed by atoms with E-state index in [1.54, 1.807) is 6.07 Å². The van der Waals surface area contributed by atoms with Crippen molar-refractivity contribution in [3.63, 3.8) is 0 Å². The summed E-state index contributed by atoms with van der Waals surface area (Å²) < 4.78 is 11.6. The molecule has 0 radical (unpaired) electrons. The molecule has 4 heterocycles. The first-order valence-electron chi connectivity index (χ1n) is 9.67. The van der Waals surface area contributed by atoms with Crippen LogP contribution in [0.1, 0.15) is 38.5 Å². The summed E-state index contributed by atoms with van der Waals surface area (Å²) in [5, 5.41) is 0. The van der Waals surface area contributed by atoms with Crippen LogP contribution in [0.2, 0.25) is 0 Å². The van der Waals surface area contributed by atoms with E-state index in [-0.39, 0.29) is 42.5 Å². The summed E-state index contributed by atoms with van der Waals surface area (Å²) in [6, 6.07) is 7.41. The van der Waals surface area contributed by atoms with Crippen LogP contribution < -0.4 is 9.47 Å². The van der Waals surface area contributed by atoms with Crippen molar-refractivity contribution in [1.29, 1.82) is 0 Å². The number of rotatable bonds is 2. The first-order valence-corrected chi connectivity index (χ1v) is 9.67. The molecule has 0 spiro atoms. The molecule has 4 aliphatic rings. The van der Waals surface area contributed by atoms with Gasteiger partial charge in [0.25, 0.3) is 5.91 Å². The summed E-state index contributed by atoms with van der Waals surface area (Å²) in [6.07, 6.45) is 3.16. The number of imide groups is 1. The van der Waals surface area contributed by atoms with Crippen molar-refractivity contribution in [1.82, 2.24) is 9.80 Å². The molecule has 7 nitrogen and oxygen atoms in total. The van der Waals surface area contributed by atoms with E-state index < -0.39 is 6.10 Å². The average Bonchev–Trinajstić information content (AvgIpc) is 3.16. The molecule has 1 aromatic carbocycles. The number of piperidine rings is 1. The number of hydrogen-bond donors (Lipinski definition) is 0. The number of para-hydroxylation sites is 2. The van der Waals surface area contributed by atoms with Gasteiger partial charge in [0.15, 0.2) is 11.5 Å². The zero-order valence-corrected chi connectivity index (χ0v) is 15.0. The van der Waals surface area contributed by atoms with Crippen molar-refractivity contribution < 1.29 is 23.9 Å². The molecule has 3 amide bonds. The largest absolute Gasteiger partial charge is 0.485 e. The number of amides is 3. The molecular formula is C20H22N2O5.